The van der Waals surface area contributed by atoms with Crippen LogP contribution in [0.2, 0.25) is 0 Å². The third-order valence-electron chi connectivity index (χ3n) is 5.23. The van der Waals surface area contributed by atoms with Crippen molar-refractivity contribution in [1.29, 1.82) is 0 Å². The Labute approximate surface area is 143 Å². The van der Waals surface area contributed by atoms with Gasteiger partial charge in [0.2, 0.25) is 0 Å². The van der Waals surface area contributed by atoms with Crippen LogP contribution in [0.4, 0.5) is 0 Å². The summed E-state index contributed by atoms with van der Waals surface area (Å²) in [4.78, 5) is 12.1. The Morgan fingerprint density at radius 2 is 1.88 bits per heavy atom. The molecule has 2 saturated heterocycles. The Balaban J connectivity index is 1.51. The second kappa shape index (κ2) is 7.41. The molecule has 0 radical (unpaired) electrons. The molecule has 126 valence electrons. The third kappa shape index (κ3) is 3.50. The maximum Gasteiger partial charge on any atom is 0.0761 e. The van der Waals surface area contributed by atoms with Crippen LogP contribution in [0.15, 0.2) is 42.7 Å². The fraction of sp³-hybridized carbons (Fsp3) is 0.500. The molecule has 0 aliphatic carbocycles. The summed E-state index contributed by atoms with van der Waals surface area (Å²) in [5, 5.41) is 0. The molecule has 1 atom stereocenters. The van der Waals surface area contributed by atoms with Crippen molar-refractivity contribution in [2.24, 2.45) is 0 Å². The topological polar surface area (TPSA) is 38.2 Å². The first-order valence-corrected chi connectivity index (χ1v) is 9.08. The number of ether oxygens (including phenoxy) is 1. The maximum absolute atomic E-state index is 5.53. The van der Waals surface area contributed by atoms with Crippen LogP contribution in [0, 0.1) is 0 Å². The zero-order valence-corrected chi connectivity index (χ0v) is 14.1. The highest BCUT2D eigenvalue weighted by molar-refractivity contribution is 5.21. The van der Waals surface area contributed by atoms with E-state index in [4.69, 9.17) is 9.72 Å². The minimum absolute atomic E-state index is 0.427. The average molecular weight is 323 g/mol. The number of likely N-dealkylation sites (tertiary alicyclic amines) is 1. The Morgan fingerprint density at radius 1 is 1.04 bits per heavy atom. The van der Waals surface area contributed by atoms with Crippen LogP contribution in [0.3, 0.4) is 0 Å². The summed E-state index contributed by atoms with van der Waals surface area (Å²) in [6.45, 7) is 2.97. The predicted octanol–water partition coefficient (Wildman–Crippen LogP) is 3.38. The SMILES string of the molecule is c1ccc(Cc2cncc([C@H]3CCCN3C3CCOCC3)n2)cc1. The van der Waals surface area contributed by atoms with Crippen molar-refractivity contribution in [2.75, 3.05) is 19.8 Å². The molecule has 4 nitrogen and oxygen atoms in total. The molecule has 0 bridgehead atoms. The molecular weight excluding hydrogens is 298 g/mol. The number of aromatic nitrogens is 2. The molecule has 0 saturated carbocycles. The van der Waals surface area contributed by atoms with Gasteiger partial charge in [0.05, 0.1) is 17.4 Å². The lowest BCUT2D eigenvalue weighted by Gasteiger charge is -2.35. The van der Waals surface area contributed by atoms with E-state index in [0.717, 1.165) is 43.9 Å². The van der Waals surface area contributed by atoms with Gasteiger partial charge in [-0.3, -0.25) is 14.9 Å². The number of hydrogen-bond acceptors (Lipinski definition) is 4. The van der Waals surface area contributed by atoms with Gasteiger partial charge in [-0.15, -0.1) is 0 Å². The maximum atomic E-state index is 5.53. The van der Waals surface area contributed by atoms with Gasteiger partial charge in [0.25, 0.3) is 0 Å². The zero-order valence-electron chi connectivity index (χ0n) is 14.1. The Hall–Kier alpha value is -1.78. The molecule has 1 aromatic heterocycles. The smallest absolute Gasteiger partial charge is 0.0761 e. The van der Waals surface area contributed by atoms with Gasteiger partial charge in [0.15, 0.2) is 0 Å². The fourth-order valence-corrected chi connectivity index (χ4v) is 4.03. The minimum Gasteiger partial charge on any atom is -0.381 e. The monoisotopic (exact) mass is 323 g/mol. The van der Waals surface area contributed by atoms with Crippen molar-refractivity contribution in [2.45, 2.75) is 44.2 Å². The molecule has 24 heavy (non-hydrogen) atoms. The summed E-state index contributed by atoms with van der Waals surface area (Å²) >= 11 is 0. The van der Waals surface area contributed by atoms with E-state index in [1.165, 1.54) is 24.9 Å². The molecule has 3 heterocycles. The van der Waals surface area contributed by atoms with Crippen LogP contribution in [-0.2, 0) is 11.2 Å². The summed E-state index contributed by atoms with van der Waals surface area (Å²) in [7, 11) is 0. The fourth-order valence-electron chi connectivity index (χ4n) is 4.03. The van der Waals surface area contributed by atoms with Crippen molar-refractivity contribution in [3.05, 3.63) is 59.7 Å². The van der Waals surface area contributed by atoms with E-state index >= 15 is 0 Å². The van der Waals surface area contributed by atoms with Crippen LogP contribution in [0.25, 0.3) is 0 Å². The van der Waals surface area contributed by atoms with E-state index < -0.39 is 0 Å². The molecule has 0 amide bonds. The number of nitrogens with zero attached hydrogens (tertiary/aromatic N) is 3. The summed E-state index contributed by atoms with van der Waals surface area (Å²) in [6, 6.07) is 11.6. The lowest BCUT2D eigenvalue weighted by Crippen LogP contribution is -2.39. The molecule has 2 aromatic rings. The van der Waals surface area contributed by atoms with Crippen LogP contribution < -0.4 is 0 Å². The second-order valence-corrected chi connectivity index (χ2v) is 6.84. The van der Waals surface area contributed by atoms with E-state index in [-0.39, 0.29) is 0 Å². The molecule has 2 fully saturated rings. The number of benzene rings is 1. The number of hydrogen-bond donors (Lipinski definition) is 0. The van der Waals surface area contributed by atoms with Gasteiger partial charge in [0, 0.05) is 38.1 Å². The Kier molecular flexibility index (Phi) is 4.86. The minimum atomic E-state index is 0.427. The highest BCUT2D eigenvalue weighted by atomic mass is 16.5. The summed E-state index contributed by atoms with van der Waals surface area (Å²) < 4.78 is 5.53. The predicted molar refractivity (Wildman–Crippen MR) is 93.8 cm³/mol. The lowest BCUT2D eigenvalue weighted by molar-refractivity contribution is 0.0284. The van der Waals surface area contributed by atoms with E-state index in [0.29, 0.717) is 12.1 Å². The molecule has 4 rings (SSSR count). The van der Waals surface area contributed by atoms with Gasteiger partial charge in [-0.05, 0) is 37.8 Å². The lowest BCUT2D eigenvalue weighted by atomic mass is 10.0. The average Bonchev–Trinajstić information content (AvgIpc) is 3.13. The van der Waals surface area contributed by atoms with Gasteiger partial charge in [0.1, 0.15) is 0 Å². The van der Waals surface area contributed by atoms with Crippen LogP contribution in [0.1, 0.15) is 48.7 Å². The van der Waals surface area contributed by atoms with Gasteiger partial charge >= 0.3 is 0 Å². The largest absolute Gasteiger partial charge is 0.381 e. The molecule has 4 heteroatoms. The van der Waals surface area contributed by atoms with Crippen LogP contribution >= 0.6 is 0 Å². The normalized spacial score (nSPS) is 22.8. The molecular formula is C20H25N3O. The highest BCUT2D eigenvalue weighted by Crippen LogP contribution is 2.35. The first-order chi connectivity index (χ1) is 11.9. The summed E-state index contributed by atoms with van der Waals surface area (Å²) in [6.07, 6.45) is 9.47. The summed E-state index contributed by atoms with van der Waals surface area (Å²) in [5.74, 6) is 0. The standard InChI is InChI=1S/C20H25N3O/c1-2-5-16(6-3-1)13-17-14-21-15-19(22-17)20-7-4-10-23(20)18-8-11-24-12-9-18/h1-3,5-6,14-15,18,20H,4,7-13H2/t20-/m1/s1. The second-order valence-electron chi connectivity index (χ2n) is 6.84. The van der Waals surface area contributed by atoms with Crippen molar-refractivity contribution in [3.8, 4) is 0 Å². The molecule has 0 N–H and O–H groups in total. The van der Waals surface area contributed by atoms with E-state index in [9.17, 15) is 0 Å². The molecule has 2 aliphatic rings. The summed E-state index contributed by atoms with van der Waals surface area (Å²) in [5.41, 5.74) is 3.50. The first-order valence-electron chi connectivity index (χ1n) is 9.08. The van der Waals surface area contributed by atoms with Gasteiger partial charge in [-0.25, -0.2) is 0 Å². The quantitative estimate of drug-likeness (QED) is 0.864. The van der Waals surface area contributed by atoms with E-state index in [2.05, 4.69) is 40.2 Å². The third-order valence-corrected chi connectivity index (χ3v) is 5.23. The zero-order chi connectivity index (χ0) is 16.2. The van der Waals surface area contributed by atoms with Crippen molar-refractivity contribution in [3.63, 3.8) is 0 Å². The molecule has 2 aliphatic heterocycles. The van der Waals surface area contributed by atoms with Gasteiger partial charge in [-0.1, -0.05) is 30.3 Å². The number of rotatable bonds is 4. The van der Waals surface area contributed by atoms with Crippen LogP contribution in [-0.4, -0.2) is 40.7 Å². The molecule has 0 unspecified atom stereocenters. The van der Waals surface area contributed by atoms with Crippen LogP contribution in [0.5, 0.6) is 0 Å². The Bertz CT molecular complexity index is 655. The molecule has 0 spiro atoms. The van der Waals surface area contributed by atoms with E-state index in [1.807, 2.05) is 12.4 Å². The molecule has 1 aromatic carbocycles. The van der Waals surface area contributed by atoms with Crippen molar-refractivity contribution >= 4 is 0 Å². The highest BCUT2D eigenvalue weighted by Gasteiger charge is 2.33. The Morgan fingerprint density at radius 3 is 2.71 bits per heavy atom. The van der Waals surface area contributed by atoms with Crippen molar-refractivity contribution in [1.82, 2.24) is 14.9 Å². The van der Waals surface area contributed by atoms with Gasteiger partial charge < -0.3 is 4.74 Å². The first kappa shape index (κ1) is 15.7. The van der Waals surface area contributed by atoms with E-state index in [1.54, 1.807) is 0 Å². The van der Waals surface area contributed by atoms with Gasteiger partial charge in [-0.2, -0.15) is 0 Å². The van der Waals surface area contributed by atoms with Crippen molar-refractivity contribution < 1.29 is 4.74 Å².